The van der Waals surface area contributed by atoms with Gasteiger partial charge in [-0.05, 0) is 59.5 Å². The molecule has 0 aliphatic carbocycles. The maximum absolute atomic E-state index is 11.9. The van der Waals surface area contributed by atoms with E-state index in [1.54, 1.807) is 0 Å². The highest BCUT2D eigenvalue weighted by atomic mass is 16.6. The highest BCUT2D eigenvalue weighted by molar-refractivity contribution is 5.68. The standard InChI is InChI=1S/C16H33N3O2/c1-6-13-7-9-19(10-8-13)14(11-17)12(2)18-15(20)21-16(3,4)5/h12-14H,6-11,17H2,1-5H3,(H,18,20). The highest BCUT2D eigenvalue weighted by Crippen LogP contribution is 2.22. The van der Waals surface area contributed by atoms with Gasteiger partial charge in [-0.3, -0.25) is 4.90 Å². The molecule has 0 bridgehead atoms. The van der Waals surface area contributed by atoms with Gasteiger partial charge in [0.2, 0.25) is 0 Å². The molecule has 1 heterocycles. The van der Waals surface area contributed by atoms with Crippen LogP contribution in [0.3, 0.4) is 0 Å². The Morgan fingerprint density at radius 2 is 1.95 bits per heavy atom. The maximum Gasteiger partial charge on any atom is 0.407 e. The Morgan fingerprint density at radius 3 is 2.38 bits per heavy atom. The molecule has 1 aliphatic heterocycles. The summed E-state index contributed by atoms with van der Waals surface area (Å²) < 4.78 is 5.32. The molecular weight excluding hydrogens is 266 g/mol. The zero-order chi connectivity index (χ0) is 16.0. The summed E-state index contributed by atoms with van der Waals surface area (Å²) in [5.74, 6) is 0.841. The lowest BCUT2D eigenvalue weighted by Gasteiger charge is -2.39. The van der Waals surface area contributed by atoms with Crippen LogP contribution in [0.2, 0.25) is 0 Å². The van der Waals surface area contributed by atoms with Crippen LogP contribution < -0.4 is 11.1 Å². The minimum atomic E-state index is -0.471. The average molecular weight is 299 g/mol. The number of likely N-dealkylation sites (tertiary alicyclic amines) is 1. The number of nitrogens with two attached hydrogens (primary N) is 1. The number of amides is 1. The molecule has 5 heteroatoms. The molecule has 1 fully saturated rings. The fraction of sp³-hybridized carbons (Fsp3) is 0.938. The molecular formula is C16H33N3O2. The summed E-state index contributed by atoms with van der Waals surface area (Å²) in [6, 6.07) is 0.165. The van der Waals surface area contributed by atoms with Crippen LogP contribution in [0.4, 0.5) is 4.79 Å². The van der Waals surface area contributed by atoms with E-state index >= 15 is 0 Å². The van der Waals surface area contributed by atoms with Gasteiger partial charge in [-0.25, -0.2) is 4.79 Å². The van der Waals surface area contributed by atoms with Crippen molar-refractivity contribution in [3.05, 3.63) is 0 Å². The van der Waals surface area contributed by atoms with Crippen molar-refractivity contribution in [1.29, 1.82) is 0 Å². The minimum absolute atomic E-state index is 0.0111. The van der Waals surface area contributed by atoms with Crippen LogP contribution in [0.15, 0.2) is 0 Å². The van der Waals surface area contributed by atoms with E-state index in [-0.39, 0.29) is 18.2 Å². The molecule has 5 nitrogen and oxygen atoms in total. The topological polar surface area (TPSA) is 67.6 Å². The number of nitrogens with zero attached hydrogens (tertiary/aromatic N) is 1. The zero-order valence-electron chi connectivity index (χ0n) is 14.3. The molecule has 3 N–H and O–H groups in total. The fourth-order valence-corrected chi connectivity index (χ4v) is 2.95. The number of carbonyl (C=O) groups excluding carboxylic acids is 1. The summed E-state index contributed by atoms with van der Waals surface area (Å²) in [7, 11) is 0. The van der Waals surface area contributed by atoms with Crippen LogP contribution in [0.25, 0.3) is 0 Å². The first-order valence-corrected chi connectivity index (χ1v) is 8.20. The summed E-state index contributed by atoms with van der Waals surface area (Å²) in [4.78, 5) is 14.3. The van der Waals surface area contributed by atoms with Gasteiger partial charge < -0.3 is 15.8 Å². The van der Waals surface area contributed by atoms with E-state index in [1.165, 1.54) is 19.3 Å². The van der Waals surface area contributed by atoms with Gasteiger partial charge in [-0.15, -0.1) is 0 Å². The van der Waals surface area contributed by atoms with Crippen molar-refractivity contribution in [1.82, 2.24) is 10.2 Å². The Balaban J connectivity index is 2.50. The van der Waals surface area contributed by atoms with E-state index in [4.69, 9.17) is 10.5 Å². The molecule has 0 aromatic carbocycles. The first-order valence-electron chi connectivity index (χ1n) is 8.20. The van der Waals surface area contributed by atoms with E-state index in [0.717, 1.165) is 19.0 Å². The van der Waals surface area contributed by atoms with E-state index in [9.17, 15) is 4.79 Å². The number of hydrogen-bond donors (Lipinski definition) is 2. The third-order valence-electron chi connectivity index (χ3n) is 4.26. The summed E-state index contributed by atoms with van der Waals surface area (Å²) in [5.41, 5.74) is 5.47. The lowest BCUT2D eigenvalue weighted by atomic mass is 9.92. The first-order chi connectivity index (χ1) is 9.76. The van der Waals surface area contributed by atoms with Crippen molar-refractivity contribution in [3.8, 4) is 0 Å². The zero-order valence-corrected chi connectivity index (χ0v) is 14.3. The van der Waals surface area contributed by atoms with Crippen LogP contribution >= 0.6 is 0 Å². The second-order valence-electron chi connectivity index (χ2n) is 7.13. The molecule has 0 aromatic rings. The fourth-order valence-electron chi connectivity index (χ4n) is 2.95. The lowest BCUT2D eigenvalue weighted by Crippen LogP contribution is -2.56. The summed E-state index contributed by atoms with van der Waals surface area (Å²) in [6.07, 6.45) is 3.35. The molecule has 21 heavy (non-hydrogen) atoms. The van der Waals surface area contributed by atoms with Crippen LogP contribution in [-0.2, 0) is 4.74 Å². The quantitative estimate of drug-likeness (QED) is 0.817. The number of piperidine rings is 1. The molecule has 2 unspecified atom stereocenters. The van der Waals surface area contributed by atoms with Gasteiger partial charge in [0.15, 0.2) is 0 Å². The highest BCUT2D eigenvalue weighted by Gasteiger charge is 2.29. The van der Waals surface area contributed by atoms with Gasteiger partial charge in [0, 0.05) is 18.6 Å². The van der Waals surface area contributed by atoms with Gasteiger partial charge in [0.05, 0.1) is 0 Å². The Kier molecular flexibility index (Phi) is 6.94. The van der Waals surface area contributed by atoms with Crippen LogP contribution in [0.1, 0.15) is 53.9 Å². The normalized spacial score (nSPS) is 20.9. The summed E-state index contributed by atoms with van der Waals surface area (Å²) in [6.45, 7) is 12.6. The SMILES string of the molecule is CCC1CCN(C(CN)C(C)NC(=O)OC(C)(C)C)CC1. The predicted molar refractivity (Wildman–Crippen MR) is 86.3 cm³/mol. The minimum Gasteiger partial charge on any atom is -0.444 e. The number of ether oxygens (including phenoxy) is 1. The van der Waals surface area contributed by atoms with Crippen molar-refractivity contribution in [2.45, 2.75) is 71.6 Å². The Morgan fingerprint density at radius 1 is 1.38 bits per heavy atom. The third kappa shape index (κ3) is 6.22. The van der Waals surface area contributed by atoms with Gasteiger partial charge in [0.1, 0.15) is 5.60 Å². The molecule has 1 amide bonds. The summed E-state index contributed by atoms with van der Waals surface area (Å²) in [5, 5.41) is 2.93. The maximum atomic E-state index is 11.9. The first kappa shape index (κ1) is 18.2. The van der Waals surface area contributed by atoms with Crippen molar-refractivity contribution in [3.63, 3.8) is 0 Å². The third-order valence-corrected chi connectivity index (χ3v) is 4.26. The van der Waals surface area contributed by atoms with Crippen LogP contribution in [0, 0.1) is 5.92 Å². The van der Waals surface area contributed by atoms with E-state index in [1.807, 2.05) is 27.7 Å². The Bertz CT molecular complexity index is 320. The number of hydrogen-bond acceptors (Lipinski definition) is 4. The molecule has 2 atom stereocenters. The van der Waals surface area contributed by atoms with Crippen molar-refractivity contribution >= 4 is 6.09 Å². The van der Waals surface area contributed by atoms with Crippen molar-refractivity contribution in [2.75, 3.05) is 19.6 Å². The number of nitrogens with one attached hydrogen (secondary N) is 1. The number of carbonyl (C=O) groups is 1. The number of rotatable bonds is 5. The molecule has 124 valence electrons. The second-order valence-corrected chi connectivity index (χ2v) is 7.13. The molecule has 1 rings (SSSR count). The van der Waals surface area contributed by atoms with Gasteiger partial charge in [0.25, 0.3) is 0 Å². The average Bonchev–Trinajstić information content (AvgIpc) is 2.38. The molecule has 0 saturated carbocycles. The molecule has 0 spiro atoms. The van der Waals surface area contributed by atoms with Gasteiger partial charge >= 0.3 is 6.09 Å². The Labute approximate surface area is 129 Å². The van der Waals surface area contributed by atoms with Crippen LogP contribution in [0.5, 0.6) is 0 Å². The molecule has 1 aliphatic rings. The van der Waals surface area contributed by atoms with E-state index in [2.05, 4.69) is 17.1 Å². The molecule has 0 radical (unpaired) electrons. The monoisotopic (exact) mass is 299 g/mol. The van der Waals surface area contributed by atoms with E-state index < -0.39 is 5.60 Å². The molecule has 1 saturated heterocycles. The van der Waals surface area contributed by atoms with Crippen LogP contribution in [-0.4, -0.2) is 48.3 Å². The van der Waals surface area contributed by atoms with Gasteiger partial charge in [-0.1, -0.05) is 13.3 Å². The van der Waals surface area contributed by atoms with Gasteiger partial charge in [-0.2, -0.15) is 0 Å². The largest absolute Gasteiger partial charge is 0.444 e. The number of alkyl carbamates (subject to hydrolysis) is 1. The molecule has 0 aromatic heterocycles. The van der Waals surface area contributed by atoms with Crippen molar-refractivity contribution in [2.24, 2.45) is 11.7 Å². The van der Waals surface area contributed by atoms with Crippen molar-refractivity contribution < 1.29 is 9.53 Å². The predicted octanol–water partition coefficient (Wildman–Crippen LogP) is 2.35. The summed E-state index contributed by atoms with van der Waals surface area (Å²) >= 11 is 0. The van der Waals surface area contributed by atoms with E-state index in [0.29, 0.717) is 6.54 Å². The second kappa shape index (κ2) is 7.99. The lowest BCUT2D eigenvalue weighted by molar-refractivity contribution is 0.0450. The smallest absolute Gasteiger partial charge is 0.407 e. The Hall–Kier alpha value is -0.810.